The molecule has 7 nitrogen and oxygen atoms in total. The van der Waals surface area contributed by atoms with Crippen LogP contribution in [0, 0.1) is 0 Å². The molecule has 1 amide bonds. The van der Waals surface area contributed by atoms with Crippen molar-refractivity contribution in [1.82, 2.24) is 4.90 Å². The number of rotatable bonds is 2. The Bertz CT molecular complexity index is 258. The highest BCUT2D eigenvalue weighted by Crippen LogP contribution is 2.22. The fourth-order valence-corrected chi connectivity index (χ4v) is 1.58. The summed E-state index contributed by atoms with van der Waals surface area (Å²) in [6.07, 6.45) is -6.35. The van der Waals surface area contributed by atoms with E-state index in [4.69, 9.17) is 9.84 Å². The maximum absolute atomic E-state index is 11.1. The van der Waals surface area contributed by atoms with E-state index in [0.29, 0.717) is 0 Å². The molecule has 0 unspecified atom stereocenters. The summed E-state index contributed by atoms with van der Waals surface area (Å²) in [7, 11) is 1.40. The molecule has 0 aliphatic carbocycles. The SMILES string of the molecule is CC(=O)N(C)[C@@H]1O[C@H](CO)[C@@H](O)[C@H](O)[C@H]1O. The van der Waals surface area contributed by atoms with Gasteiger partial charge in [0.15, 0.2) is 6.23 Å². The Kier molecular flexibility index (Phi) is 4.22. The number of carbonyl (C=O) groups excluding carboxylic acids is 1. The van der Waals surface area contributed by atoms with Gasteiger partial charge in [0.05, 0.1) is 6.61 Å². The van der Waals surface area contributed by atoms with Crippen molar-refractivity contribution < 1.29 is 30.0 Å². The molecule has 1 saturated heterocycles. The minimum absolute atomic E-state index is 0.357. The van der Waals surface area contributed by atoms with Crippen LogP contribution in [0.3, 0.4) is 0 Å². The fraction of sp³-hybridized carbons (Fsp3) is 0.889. The van der Waals surface area contributed by atoms with Crippen LogP contribution in [0.4, 0.5) is 0 Å². The summed E-state index contributed by atoms with van der Waals surface area (Å²) >= 11 is 0. The van der Waals surface area contributed by atoms with Gasteiger partial charge in [-0.25, -0.2) is 0 Å². The van der Waals surface area contributed by atoms with Crippen LogP contribution in [0.2, 0.25) is 0 Å². The van der Waals surface area contributed by atoms with Crippen LogP contribution >= 0.6 is 0 Å². The summed E-state index contributed by atoms with van der Waals surface area (Å²) in [6.45, 7) is 0.772. The maximum atomic E-state index is 11.1. The second-order valence-electron chi connectivity index (χ2n) is 3.85. The summed E-state index contributed by atoms with van der Waals surface area (Å²) in [5.41, 5.74) is 0. The fourth-order valence-electron chi connectivity index (χ4n) is 1.58. The lowest BCUT2D eigenvalue weighted by Crippen LogP contribution is -2.63. The molecule has 1 fully saturated rings. The van der Waals surface area contributed by atoms with E-state index in [1.54, 1.807) is 0 Å². The van der Waals surface area contributed by atoms with Gasteiger partial charge in [-0.3, -0.25) is 4.79 Å². The lowest BCUT2D eigenvalue weighted by Gasteiger charge is -2.43. The first-order chi connectivity index (χ1) is 7.40. The van der Waals surface area contributed by atoms with Crippen molar-refractivity contribution in [2.24, 2.45) is 0 Å². The minimum atomic E-state index is -1.46. The molecule has 0 aromatic heterocycles. The van der Waals surface area contributed by atoms with E-state index < -0.39 is 37.3 Å². The Morgan fingerprint density at radius 3 is 2.25 bits per heavy atom. The maximum Gasteiger partial charge on any atom is 0.221 e. The number of aliphatic hydroxyl groups excluding tert-OH is 4. The smallest absolute Gasteiger partial charge is 0.221 e. The molecule has 0 saturated carbocycles. The molecule has 0 spiro atoms. The predicted molar refractivity (Wildman–Crippen MR) is 52.2 cm³/mol. The zero-order valence-electron chi connectivity index (χ0n) is 9.15. The summed E-state index contributed by atoms with van der Waals surface area (Å²) in [5, 5.41) is 37.5. The number of hydrogen-bond donors (Lipinski definition) is 4. The van der Waals surface area contributed by atoms with Crippen molar-refractivity contribution >= 4 is 5.91 Å². The number of aliphatic hydroxyl groups is 4. The van der Waals surface area contributed by atoms with Crippen molar-refractivity contribution in [3.05, 3.63) is 0 Å². The first kappa shape index (κ1) is 13.3. The third-order valence-electron chi connectivity index (χ3n) is 2.75. The van der Waals surface area contributed by atoms with Gasteiger partial charge < -0.3 is 30.1 Å². The van der Waals surface area contributed by atoms with Gasteiger partial charge in [-0.2, -0.15) is 0 Å². The average molecular weight is 235 g/mol. The zero-order valence-corrected chi connectivity index (χ0v) is 9.15. The number of hydrogen-bond acceptors (Lipinski definition) is 6. The van der Waals surface area contributed by atoms with Crippen LogP contribution in [0.25, 0.3) is 0 Å². The van der Waals surface area contributed by atoms with Crippen LogP contribution in [-0.2, 0) is 9.53 Å². The normalized spacial score (nSPS) is 39.5. The molecule has 7 heteroatoms. The summed E-state index contributed by atoms with van der Waals surface area (Å²) in [4.78, 5) is 12.2. The van der Waals surface area contributed by atoms with Gasteiger partial charge in [-0.1, -0.05) is 0 Å². The van der Waals surface area contributed by atoms with Gasteiger partial charge in [-0.05, 0) is 0 Å². The molecular formula is C9H17NO6. The molecule has 1 rings (SSSR count). The Balaban J connectivity index is 2.82. The van der Waals surface area contributed by atoms with Crippen LogP contribution in [0.5, 0.6) is 0 Å². The molecule has 0 radical (unpaired) electrons. The van der Waals surface area contributed by atoms with E-state index >= 15 is 0 Å². The molecule has 4 N–H and O–H groups in total. The summed E-state index contributed by atoms with van der Waals surface area (Å²) < 4.78 is 5.15. The van der Waals surface area contributed by atoms with E-state index in [1.165, 1.54) is 14.0 Å². The molecule has 1 aliphatic heterocycles. The van der Waals surface area contributed by atoms with Gasteiger partial charge >= 0.3 is 0 Å². The molecule has 94 valence electrons. The van der Waals surface area contributed by atoms with Crippen LogP contribution < -0.4 is 0 Å². The standard InChI is InChI=1S/C9H17NO6/c1-4(12)10(2)9-8(15)7(14)6(13)5(3-11)16-9/h5-9,11,13-15H,3H2,1-2H3/t5-,6-,7+,8-,9-/m1/s1. The first-order valence-electron chi connectivity index (χ1n) is 4.94. The van der Waals surface area contributed by atoms with Crippen LogP contribution in [-0.4, -0.2) is 75.5 Å². The topological polar surface area (TPSA) is 110 Å². The van der Waals surface area contributed by atoms with Crippen molar-refractivity contribution in [2.45, 2.75) is 37.6 Å². The quantitative estimate of drug-likeness (QED) is 0.413. The first-order valence-corrected chi connectivity index (χ1v) is 4.94. The average Bonchev–Trinajstić information content (AvgIpc) is 2.25. The highest BCUT2D eigenvalue weighted by molar-refractivity contribution is 5.73. The van der Waals surface area contributed by atoms with E-state index in [1.807, 2.05) is 0 Å². The Morgan fingerprint density at radius 1 is 1.25 bits per heavy atom. The molecule has 5 atom stereocenters. The third-order valence-corrected chi connectivity index (χ3v) is 2.75. The zero-order chi connectivity index (χ0) is 12.5. The van der Waals surface area contributed by atoms with Gasteiger partial charge in [0.1, 0.15) is 24.4 Å². The highest BCUT2D eigenvalue weighted by atomic mass is 16.6. The van der Waals surface area contributed by atoms with E-state index in [9.17, 15) is 20.1 Å². The van der Waals surface area contributed by atoms with Gasteiger partial charge in [0, 0.05) is 14.0 Å². The van der Waals surface area contributed by atoms with E-state index in [-0.39, 0.29) is 5.91 Å². The van der Waals surface area contributed by atoms with Crippen molar-refractivity contribution in [3.8, 4) is 0 Å². The third kappa shape index (κ3) is 2.33. The predicted octanol–water partition coefficient (Wildman–Crippen LogP) is -2.74. The molecule has 0 aromatic carbocycles. The minimum Gasteiger partial charge on any atom is -0.394 e. The lowest BCUT2D eigenvalue weighted by molar-refractivity contribution is -0.259. The van der Waals surface area contributed by atoms with Crippen molar-refractivity contribution in [3.63, 3.8) is 0 Å². The molecule has 1 heterocycles. The Morgan fingerprint density at radius 2 is 1.81 bits per heavy atom. The van der Waals surface area contributed by atoms with Gasteiger partial charge in [0.25, 0.3) is 0 Å². The molecule has 0 aromatic rings. The van der Waals surface area contributed by atoms with E-state index in [0.717, 1.165) is 4.90 Å². The number of amides is 1. The monoisotopic (exact) mass is 235 g/mol. The number of ether oxygens (including phenoxy) is 1. The summed E-state index contributed by atoms with van der Waals surface area (Å²) in [5.74, 6) is -0.357. The molecule has 16 heavy (non-hydrogen) atoms. The van der Waals surface area contributed by atoms with Crippen LogP contribution in [0.1, 0.15) is 6.92 Å². The largest absolute Gasteiger partial charge is 0.394 e. The lowest BCUT2D eigenvalue weighted by atomic mass is 9.98. The molecular weight excluding hydrogens is 218 g/mol. The van der Waals surface area contributed by atoms with Crippen LogP contribution in [0.15, 0.2) is 0 Å². The summed E-state index contributed by atoms with van der Waals surface area (Å²) in [6, 6.07) is 0. The van der Waals surface area contributed by atoms with Crippen molar-refractivity contribution in [2.75, 3.05) is 13.7 Å². The number of nitrogens with zero attached hydrogens (tertiary/aromatic N) is 1. The second kappa shape index (κ2) is 5.07. The number of carbonyl (C=O) groups is 1. The highest BCUT2D eigenvalue weighted by Gasteiger charge is 2.45. The van der Waals surface area contributed by atoms with Gasteiger partial charge in [-0.15, -0.1) is 0 Å². The molecule has 1 aliphatic rings. The Hall–Kier alpha value is -0.730. The van der Waals surface area contributed by atoms with Gasteiger partial charge in [0.2, 0.25) is 5.91 Å². The van der Waals surface area contributed by atoms with Crippen molar-refractivity contribution in [1.29, 1.82) is 0 Å². The van der Waals surface area contributed by atoms with E-state index in [2.05, 4.69) is 0 Å². The Labute approximate surface area is 92.9 Å². The molecule has 0 bridgehead atoms. The number of likely N-dealkylation sites (N-methyl/N-ethyl adjacent to an activating group) is 1. The second-order valence-corrected chi connectivity index (χ2v) is 3.85.